The second-order valence-electron chi connectivity index (χ2n) is 11.7. The van der Waals surface area contributed by atoms with Gasteiger partial charge in [0, 0.05) is 73.7 Å². The number of ether oxygens (including phenoxy) is 1. The molecule has 0 unspecified atom stereocenters. The fourth-order valence-corrected chi connectivity index (χ4v) is 6.22. The summed E-state index contributed by atoms with van der Waals surface area (Å²) in [7, 11) is 5.52. The number of benzene rings is 3. The normalized spacial score (nSPS) is 12.6. The number of anilines is 3. The van der Waals surface area contributed by atoms with Gasteiger partial charge in [0.25, 0.3) is 0 Å². The second kappa shape index (κ2) is 15.1. The SMILES string of the molecule is CC(=O)N1CCCc2cc(C=CC(=O)ONCC(=O)N(C)c3ccc(Cl)c(COc4cccc5c(N(C)C)cc(C)nc45)c3Cl)ccc21. The Balaban J connectivity index is 1.19. The molecule has 0 saturated carbocycles. The number of hydrogen-bond donors (Lipinski definition) is 1. The predicted octanol–water partition coefficient (Wildman–Crippen LogP) is 6.52. The fourth-order valence-electron chi connectivity index (χ4n) is 5.61. The maximum absolute atomic E-state index is 13.0. The highest BCUT2D eigenvalue weighted by Crippen LogP contribution is 2.36. The Morgan fingerprint density at radius 2 is 1.83 bits per heavy atom. The molecule has 2 amide bonds. The topological polar surface area (TPSA) is 104 Å². The van der Waals surface area contributed by atoms with Crippen LogP contribution in [0.3, 0.4) is 0 Å². The molecule has 10 nitrogen and oxygen atoms in total. The van der Waals surface area contributed by atoms with Crippen LogP contribution in [-0.2, 0) is 32.2 Å². The quantitative estimate of drug-likeness (QED) is 0.148. The van der Waals surface area contributed by atoms with Gasteiger partial charge < -0.3 is 24.3 Å². The number of nitrogens with zero attached hydrogens (tertiary/aromatic N) is 4. The van der Waals surface area contributed by atoms with Gasteiger partial charge in [0.05, 0.1) is 10.7 Å². The number of hydrogen-bond acceptors (Lipinski definition) is 8. The Labute approximate surface area is 289 Å². The van der Waals surface area contributed by atoms with Crippen molar-refractivity contribution in [3.05, 3.63) is 93.1 Å². The number of aromatic nitrogens is 1. The lowest BCUT2D eigenvalue weighted by molar-refractivity contribution is -0.145. The zero-order valence-corrected chi connectivity index (χ0v) is 29.0. The van der Waals surface area contributed by atoms with Gasteiger partial charge in [0.1, 0.15) is 24.4 Å². The van der Waals surface area contributed by atoms with E-state index in [1.54, 1.807) is 37.1 Å². The van der Waals surface area contributed by atoms with Crippen LogP contribution in [0.15, 0.2) is 60.7 Å². The van der Waals surface area contributed by atoms with Gasteiger partial charge in [-0.25, -0.2) is 9.78 Å². The van der Waals surface area contributed by atoms with Gasteiger partial charge in [0.2, 0.25) is 11.8 Å². The summed E-state index contributed by atoms with van der Waals surface area (Å²) in [5.41, 5.74) is 8.69. The maximum Gasteiger partial charge on any atom is 0.349 e. The van der Waals surface area contributed by atoms with Crippen LogP contribution < -0.4 is 24.9 Å². The number of rotatable bonds is 10. The van der Waals surface area contributed by atoms with Crippen molar-refractivity contribution in [1.29, 1.82) is 0 Å². The van der Waals surface area contributed by atoms with Crippen molar-refractivity contribution >= 4 is 75.0 Å². The van der Waals surface area contributed by atoms with Crippen molar-refractivity contribution in [2.75, 3.05) is 48.9 Å². The van der Waals surface area contributed by atoms with Crippen LogP contribution in [-0.4, -0.2) is 57.0 Å². The summed E-state index contributed by atoms with van der Waals surface area (Å²) >= 11 is 13.3. The first-order chi connectivity index (χ1) is 22.9. The zero-order chi connectivity index (χ0) is 34.5. The highest BCUT2D eigenvalue weighted by Gasteiger charge is 2.21. The van der Waals surface area contributed by atoms with Crippen molar-refractivity contribution in [3.63, 3.8) is 0 Å². The molecule has 4 aromatic rings. The molecule has 250 valence electrons. The van der Waals surface area contributed by atoms with Crippen molar-refractivity contribution in [1.82, 2.24) is 10.5 Å². The number of nitrogens with one attached hydrogen (secondary N) is 1. The number of aryl methyl sites for hydroxylation is 2. The molecule has 1 aliphatic rings. The van der Waals surface area contributed by atoms with Gasteiger partial charge in [-0.1, -0.05) is 41.4 Å². The van der Waals surface area contributed by atoms with Crippen LogP contribution in [0.1, 0.15) is 35.7 Å². The number of para-hydroxylation sites is 1. The standard InChI is InChI=1S/C36H37Cl2N5O5/c1-22-18-31(41(3)4)26-9-6-10-32(36(26)40-22)47-21-27-28(37)13-15-30(35(27)38)42(5)33(45)20-39-48-34(46)16-12-24-11-14-29-25(19-24)8-7-17-43(29)23(2)44/h6,9-16,18-19,39H,7-8,17,20-21H2,1-5H3. The third kappa shape index (κ3) is 7.73. The maximum atomic E-state index is 13.0. The van der Waals surface area contributed by atoms with E-state index in [0.717, 1.165) is 51.9 Å². The number of halogens is 2. The van der Waals surface area contributed by atoms with Crippen LogP contribution in [0.4, 0.5) is 17.1 Å². The summed E-state index contributed by atoms with van der Waals surface area (Å²) in [5, 5.41) is 1.59. The largest absolute Gasteiger partial charge is 0.487 e. The van der Waals surface area contributed by atoms with Crippen LogP contribution in [0.25, 0.3) is 17.0 Å². The van der Waals surface area contributed by atoms with E-state index in [-0.39, 0.29) is 24.1 Å². The Hall–Kier alpha value is -4.64. The van der Waals surface area contributed by atoms with Gasteiger partial charge >= 0.3 is 5.97 Å². The summed E-state index contributed by atoms with van der Waals surface area (Å²) in [6.07, 6.45) is 4.63. The minimum atomic E-state index is -0.673. The lowest BCUT2D eigenvalue weighted by Crippen LogP contribution is -2.36. The number of carbonyl (C=O) groups excluding carboxylic acids is 3. The number of carbonyl (C=O) groups is 3. The average molecular weight is 691 g/mol. The molecule has 12 heteroatoms. The van der Waals surface area contributed by atoms with Crippen molar-refractivity contribution in [3.8, 4) is 5.75 Å². The summed E-state index contributed by atoms with van der Waals surface area (Å²) < 4.78 is 6.19. The van der Waals surface area contributed by atoms with Gasteiger partial charge in [-0.15, -0.1) is 5.48 Å². The summed E-state index contributed by atoms with van der Waals surface area (Å²) in [6.45, 7) is 3.93. The van der Waals surface area contributed by atoms with E-state index in [0.29, 0.717) is 28.6 Å². The minimum Gasteiger partial charge on any atom is -0.487 e. The fraction of sp³-hybridized carbons (Fsp3) is 0.278. The van der Waals surface area contributed by atoms with Crippen molar-refractivity contribution < 1.29 is 24.0 Å². The van der Waals surface area contributed by atoms with Crippen molar-refractivity contribution in [2.45, 2.75) is 33.3 Å². The summed E-state index contributed by atoms with van der Waals surface area (Å²) in [5.74, 6) is -0.496. The van der Waals surface area contributed by atoms with Crippen LogP contribution >= 0.6 is 23.2 Å². The highest BCUT2D eigenvalue weighted by atomic mass is 35.5. The number of amides is 2. The monoisotopic (exact) mass is 689 g/mol. The van der Waals surface area contributed by atoms with E-state index in [4.69, 9.17) is 37.8 Å². The lowest BCUT2D eigenvalue weighted by Gasteiger charge is -2.28. The van der Waals surface area contributed by atoms with E-state index in [9.17, 15) is 14.4 Å². The molecular weight excluding hydrogens is 653 g/mol. The third-order valence-corrected chi connectivity index (χ3v) is 8.85. The molecule has 0 spiro atoms. The molecule has 5 rings (SSSR count). The molecular formula is C36H37Cl2N5O5. The molecule has 0 aliphatic carbocycles. The Kier molecular flexibility index (Phi) is 10.9. The number of fused-ring (bicyclic) bond motifs is 2. The average Bonchev–Trinajstić information content (AvgIpc) is 3.06. The molecule has 0 bridgehead atoms. The van der Waals surface area contributed by atoms with E-state index >= 15 is 0 Å². The molecule has 48 heavy (non-hydrogen) atoms. The van der Waals surface area contributed by atoms with Gasteiger partial charge in [-0.2, -0.15) is 0 Å². The third-order valence-electron chi connectivity index (χ3n) is 8.07. The van der Waals surface area contributed by atoms with Crippen LogP contribution in [0.5, 0.6) is 5.75 Å². The van der Waals surface area contributed by atoms with Gasteiger partial charge in [-0.3, -0.25) is 9.59 Å². The Morgan fingerprint density at radius 1 is 1.04 bits per heavy atom. The smallest absolute Gasteiger partial charge is 0.349 e. The number of pyridine rings is 1. The highest BCUT2D eigenvalue weighted by molar-refractivity contribution is 6.38. The van der Waals surface area contributed by atoms with Gasteiger partial charge in [0.15, 0.2) is 0 Å². The Morgan fingerprint density at radius 3 is 2.58 bits per heavy atom. The van der Waals surface area contributed by atoms with Crippen LogP contribution in [0, 0.1) is 6.92 Å². The predicted molar refractivity (Wildman–Crippen MR) is 191 cm³/mol. The second-order valence-corrected chi connectivity index (χ2v) is 12.5. The first-order valence-electron chi connectivity index (χ1n) is 15.4. The van der Waals surface area contributed by atoms with E-state index in [1.807, 2.05) is 68.4 Å². The molecule has 3 aromatic carbocycles. The number of likely N-dealkylation sites (N-methyl/N-ethyl adjacent to an activating group) is 1. The number of hydroxylamine groups is 1. The molecule has 0 saturated heterocycles. The molecule has 1 aliphatic heterocycles. The minimum absolute atomic E-state index is 0.00509. The molecule has 0 atom stereocenters. The first-order valence-corrected chi connectivity index (χ1v) is 16.2. The van der Waals surface area contributed by atoms with E-state index in [1.165, 1.54) is 11.0 Å². The molecule has 0 radical (unpaired) electrons. The van der Waals surface area contributed by atoms with Gasteiger partial charge in [-0.05, 0) is 73.4 Å². The summed E-state index contributed by atoms with van der Waals surface area (Å²) in [4.78, 5) is 52.1. The Bertz CT molecular complexity index is 1910. The molecule has 2 heterocycles. The lowest BCUT2D eigenvalue weighted by atomic mass is 9.99. The van der Waals surface area contributed by atoms with E-state index in [2.05, 4.69) is 5.48 Å². The zero-order valence-electron chi connectivity index (χ0n) is 27.5. The van der Waals surface area contributed by atoms with E-state index < -0.39 is 11.9 Å². The molecule has 0 fully saturated rings. The summed E-state index contributed by atoms with van der Waals surface area (Å²) in [6, 6.07) is 16.7. The first kappa shape index (κ1) is 34.7. The van der Waals surface area contributed by atoms with Crippen LogP contribution in [0.2, 0.25) is 10.0 Å². The molecule has 1 aromatic heterocycles. The molecule has 1 N–H and O–H groups in total. The van der Waals surface area contributed by atoms with Crippen molar-refractivity contribution in [2.24, 2.45) is 0 Å².